The van der Waals surface area contributed by atoms with Gasteiger partial charge in [-0.05, 0) is 20.4 Å². The Balaban J connectivity index is 2.54. The summed E-state index contributed by atoms with van der Waals surface area (Å²) in [4.78, 5) is 13.9. The Morgan fingerprint density at radius 3 is 2.73 bits per heavy atom. The van der Waals surface area contributed by atoms with Gasteiger partial charge >= 0.3 is 0 Å². The average Bonchev–Trinajstić information content (AvgIpc) is 2.37. The van der Waals surface area contributed by atoms with Crippen molar-refractivity contribution in [1.82, 2.24) is 10.2 Å². The fraction of sp³-hybridized carbons (Fsp3) is 0.909. The Bertz CT molecular complexity index is 231. The first-order valence-electron chi connectivity index (χ1n) is 5.56. The smallest absolute Gasteiger partial charge is 0.239 e. The van der Waals surface area contributed by atoms with E-state index in [4.69, 9.17) is 0 Å². The maximum atomic E-state index is 11.9. The second-order valence-electron chi connectivity index (χ2n) is 4.69. The first-order chi connectivity index (χ1) is 6.96. The third kappa shape index (κ3) is 3.68. The van der Waals surface area contributed by atoms with Crippen LogP contribution in [-0.2, 0) is 4.79 Å². The molecule has 1 unspecified atom stereocenters. The van der Waals surface area contributed by atoms with Crippen LogP contribution in [0.15, 0.2) is 0 Å². The summed E-state index contributed by atoms with van der Waals surface area (Å²) in [5, 5.41) is 3.01. The summed E-state index contributed by atoms with van der Waals surface area (Å²) in [6.45, 7) is 8.22. The molecule has 1 N–H and O–H groups in total. The Morgan fingerprint density at radius 2 is 2.13 bits per heavy atom. The normalized spacial score (nSPS) is 23.3. The lowest BCUT2D eigenvalue weighted by atomic mass is 10.1. The fourth-order valence-electron chi connectivity index (χ4n) is 1.64. The van der Waals surface area contributed by atoms with Crippen molar-refractivity contribution in [3.05, 3.63) is 0 Å². The molecule has 0 radical (unpaired) electrons. The molecule has 1 heterocycles. The van der Waals surface area contributed by atoms with Gasteiger partial charge in [-0.2, -0.15) is 11.8 Å². The predicted molar refractivity (Wildman–Crippen MR) is 66.3 cm³/mol. The molecule has 0 aromatic carbocycles. The van der Waals surface area contributed by atoms with Crippen LogP contribution in [0.4, 0.5) is 0 Å². The van der Waals surface area contributed by atoms with Gasteiger partial charge in [0.1, 0.15) is 0 Å². The molecular weight excluding hydrogens is 208 g/mol. The Hall–Kier alpha value is -0.220. The molecule has 1 amide bonds. The van der Waals surface area contributed by atoms with Crippen LogP contribution in [0.25, 0.3) is 0 Å². The van der Waals surface area contributed by atoms with Gasteiger partial charge in [-0.15, -0.1) is 0 Å². The molecule has 1 aliphatic rings. The molecule has 3 nitrogen and oxygen atoms in total. The number of nitrogens with one attached hydrogen (secondary N) is 1. The van der Waals surface area contributed by atoms with Gasteiger partial charge in [0.25, 0.3) is 0 Å². The lowest BCUT2D eigenvalue weighted by Gasteiger charge is -2.24. The van der Waals surface area contributed by atoms with Crippen molar-refractivity contribution >= 4 is 17.7 Å². The molecule has 0 aromatic rings. The fourth-order valence-corrected chi connectivity index (χ4v) is 2.74. The summed E-state index contributed by atoms with van der Waals surface area (Å²) in [5.74, 6) is 1.28. The van der Waals surface area contributed by atoms with Crippen LogP contribution in [0, 0.1) is 0 Å². The van der Waals surface area contributed by atoms with E-state index in [2.05, 4.69) is 19.2 Å². The number of likely N-dealkylation sites (N-methyl/N-ethyl adjacent to an activating group) is 1. The number of nitrogens with zero attached hydrogens (tertiary/aromatic N) is 1. The molecule has 4 heteroatoms. The second kappa shape index (κ2) is 5.21. The molecular formula is C11H22N2OS. The van der Waals surface area contributed by atoms with Gasteiger partial charge in [0.15, 0.2) is 0 Å². The van der Waals surface area contributed by atoms with Crippen LogP contribution in [0.5, 0.6) is 0 Å². The SMILES string of the molecule is CNC(C)C(=O)N1CCSC(C)(C)CC1. The standard InChI is InChI=1S/C11H22N2OS/c1-9(12-4)10(14)13-6-5-11(2,3)15-8-7-13/h9,12H,5-8H2,1-4H3. The van der Waals surface area contributed by atoms with E-state index in [1.54, 1.807) is 0 Å². The molecule has 1 rings (SSSR count). The minimum atomic E-state index is -0.0591. The zero-order valence-corrected chi connectivity index (χ0v) is 11.0. The maximum absolute atomic E-state index is 11.9. The van der Waals surface area contributed by atoms with E-state index < -0.39 is 0 Å². The van der Waals surface area contributed by atoms with Gasteiger partial charge in [-0.1, -0.05) is 13.8 Å². The van der Waals surface area contributed by atoms with Crippen molar-refractivity contribution in [3.8, 4) is 0 Å². The lowest BCUT2D eigenvalue weighted by Crippen LogP contribution is -2.44. The average molecular weight is 230 g/mol. The third-order valence-electron chi connectivity index (χ3n) is 2.95. The van der Waals surface area contributed by atoms with E-state index in [-0.39, 0.29) is 11.9 Å². The Morgan fingerprint density at radius 1 is 1.47 bits per heavy atom. The van der Waals surface area contributed by atoms with Crippen molar-refractivity contribution in [2.24, 2.45) is 0 Å². The summed E-state index contributed by atoms with van der Waals surface area (Å²) in [5.41, 5.74) is 0. The van der Waals surface area contributed by atoms with Crippen LogP contribution < -0.4 is 5.32 Å². The number of hydrogen-bond acceptors (Lipinski definition) is 3. The van der Waals surface area contributed by atoms with Crippen LogP contribution in [0.2, 0.25) is 0 Å². The van der Waals surface area contributed by atoms with Crippen LogP contribution in [-0.4, -0.2) is 47.5 Å². The van der Waals surface area contributed by atoms with E-state index in [0.29, 0.717) is 4.75 Å². The van der Waals surface area contributed by atoms with Gasteiger partial charge in [0.2, 0.25) is 5.91 Å². The highest BCUT2D eigenvalue weighted by molar-refractivity contribution is 8.00. The quantitative estimate of drug-likeness (QED) is 0.777. The molecule has 1 atom stereocenters. The molecule has 1 saturated heterocycles. The number of thioether (sulfide) groups is 1. The van der Waals surface area contributed by atoms with E-state index in [1.807, 2.05) is 30.6 Å². The van der Waals surface area contributed by atoms with E-state index in [0.717, 1.165) is 25.3 Å². The summed E-state index contributed by atoms with van der Waals surface area (Å²) in [7, 11) is 1.83. The van der Waals surface area contributed by atoms with Crippen molar-refractivity contribution in [1.29, 1.82) is 0 Å². The van der Waals surface area contributed by atoms with Gasteiger partial charge in [0, 0.05) is 23.6 Å². The number of amides is 1. The highest BCUT2D eigenvalue weighted by Crippen LogP contribution is 2.30. The first-order valence-corrected chi connectivity index (χ1v) is 6.55. The monoisotopic (exact) mass is 230 g/mol. The predicted octanol–water partition coefficient (Wildman–Crippen LogP) is 1.34. The molecule has 0 saturated carbocycles. The zero-order chi connectivity index (χ0) is 11.5. The van der Waals surface area contributed by atoms with Gasteiger partial charge in [-0.3, -0.25) is 4.79 Å². The summed E-state index contributed by atoms with van der Waals surface area (Å²) >= 11 is 1.97. The van der Waals surface area contributed by atoms with Crippen molar-refractivity contribution in [2.75, 3.05) is 25.9 Å². The summed E-state index contributed by atoms with van der Waals surface area (Å²) in [6, 6.07) is -0.0591. The molecule has 1 aliphatic heterocycles. The second-order valence-corrected chi connectivity index (χ2v) is 6.50. The number of rotatable bonds is 2. The van der Waals surface area contributed by atoms with E-state index >= 15 is 0 Å². The highest BCUT2D eigenvalue weighted by Gasteiger charge is 2.27. The lowest BCUT2D eigenvalue weighted by molar-refractivity contribution is -0.132. The number of carbonyl (C=O) groups excluding carboxylic acids is 1. The van der Waals surface area contributed by atoms with E-state index in [1.165, 1.54) is 0 Å². The van der Waals surface area contributed by atoms with Crippen LogP contribution >= 0.6 is 11.8 Å². The largest absolute Gasteiger partial charge is 0.340 e. The molecule has 0 aromatic heterocycles. The van der Waals surface area contributed by atoms with Crippen LogP contribution in [0.1, 0.15) is 27.2 Å². The van der Waals surface area contributed by atoms with Crippen molar-refractivity contribution in [3.63, 3.8) is 0 Å². The number of carbonyl (C=O) groups is 1. The summed E-state index contributed by atoms with van der Waals surface area (Å²) < 4.78 is 0.317. The highest BCUT2D eigenvalue weighted by atomic mass is 32.2. The van der Waals surface area contributed by atoms with Gasteiger partial charge in [-0.25, -0.2) is 0 Å². The minimum absolute atomic E-state index is 0.0591. The molecule has 88 valence electrons. The maximum Gasteiger partial charge on any atom is 0.239 e. The zero-order valence-electron chi connectivity index (χ0n) is 10.2. The third-order valence-corrected chi connectivity index (χ3v) is 4.33. The Labute approximate surface area is 97.0 Å². The van der Waals surface area contributed by atoms with Crippen molar-refractivity contribution in [2.45, 2.75) is 38.0 Å². The Kier molecular flexibility index (Phi) is 4.46. The van der Waals surface area contributed by atoms with Gasteiger partial charge < -0.3 is 10.2 Å². The molecule has 1 fully saturated rings. The minimum Gasteiger partial charge on any atom is -0.340 e. The molecule has 0 aliphatic carbocycles. The molecule has 15 heavy (non-hydrogen) atoms. The topological polar surface area (TPSA) is 32.3 Å². The van der Waals surface area contributed by atoms with Crippen molar-refractivity contribution < 1.29 is 4.79 Å². The summed E-state index contributed by atoms with van der Waals surface area (Å²) in [6.07, 6.45) is 1.08. The van der Waals surface area contributed by atoms with Gasteiger partial charge in [0.05, 0.1) is 6.04 Å². The van der Waals surface area contributed by atoms with E-state index in [9.17, 15) is 4.79 Å². The number of hydrogen-bond donors (Lipinski definition) is 1. The molecule has 0 spiro atoms. The first kappa shape index (κ1) is 12.8. The van der Waals surface area contributed by atoms with Crippen LogP contribution in [0.3, 0.4) is 0 Å². The molecule has 0 bridgehead atoms.